The number of hydrogen-bond donors (Lipinski definition) is 1. The van der Waals surface area contributed by atoms with Crippen molar-refractivity contribution in [3.63, 3.8) is 0 Å². The Morgan fingerprint density at radius 3 is 1.75 bits per heavy atom. The minimum absolute atomic E-state index is 0.148. The second-order valence-electron chi connectivity index (χ2n) is 9.53. The van der Waals surface area contributed by atoms with Gasteiger partial charge in [0.2, 0.25) is 0 Å². The Balaban J connectivity index is 1.20. The Kier molecular flexibility index (Phi) is 9.94. The van der Waals surface area contributed by atoms with E-state index in [1.807, 2.05) is 36.4 Å². The molecule has 0 amide bonds. The van der Waals surface area contributed by atoms with Crippen LogP contribution in [-0.2, 0) is 6.54 Å². The lowest BCUT2D eigenvalue weighted by Crippen LogP contribution is -2.46. The summed E-state index contributed by atoms with van der Waals surface area (Å²) in [6.07, 6.45) is 4.32. The van der Waals surface area contributed by atoms with Crippen molar-refractivity contribution in [3.8, 4) is 5.75 Å². The van der Waals surface area contributed by atoms with Gasteiger partial charge in [-0.25, -0.2) is 8.78 Å². The van der Waals surface area contributed by atoms with E-state index in [0.29, 0.717) is 8.95 Å². The summed E-state index contributed by atoms with van der Waals surface area (Å²) < 4.78 is 28.3. The zero-order valence-corrected chi connectivity index (χ0v) is 23.4. The highest BCUT2D eigenvalue weighted by atomic mass is 79.9. The van der Waals surface area contributed by atoms with Crippen molar-refractivity contribution in [1.82, 2.24) is 9.80 Å². The van der Waals surface area contributed by atoms with Gasteiger partial charge in [-0.15, -0.1) is 0 Å². The normalized spacial score (nSPS) is 15.0. The van der Waals surface area contributed by atoms with E-state index in [4.69, 9.17) is 0 Å². The van der Waals surface area contributed by atoms with Gasteiger partial charge in [0.05, 0.1) is 8.95 Å². The Morgan fingerprint density at radius 2 is 1.22 bits per heavy atom. The molecule has 1 aliphatic heterocycles. The van der Waals surface area contributed by atoms with E-state index in [1.54, 1.807) is 0 Å². The zero-order valence-electron chi connectivity index (χ0n) is 20.3. The van der Waals surface area contributed by atoms with Gasteiger partial charge in [0.25, 0.3) is 0 Å². The van der Waals surface area contributed by atoms with Crippen LogP contribution in [0.15, 0.2) is 69.6 Å². The zero-order chi connectivity index (χ0) is 25.5. The second-order valence-corrected chi connectivity index (χ2v) is 11.2. The molecule has 7 heteroatoms. The van der Waals surface area contributed by atoms with Gasteiger partial charge in [-0.05, 0) is 104 Å². The molecule has 192 valence electrons. The lowest BCUT2D eigenvalue weighted by atomic mass is 9.87. The Morgan fingerprint density at radius 1 is 0.722 bits per heavy atom. The van der Waals surface area contributed by atoms with Crippen molar-refractivity contribution < 1.29 is 13.9 Å². The quantitative estimate of drug-likeness (QED) is 0.235. The molecular weight excluding hydrogens is 590 g/mol. The van der Waals surface area contributed by atoms with E-state index < -0.39 is 0 Å². The third-order valence-corrected chi connectivity index (χ3v) is 8.17. The predicted molar refractivity (Wildman–Crippen MR) is 148 cm³/mol. The average Bonchev–Trinajstić information content (AvgIpc) is 2.87. The van der Waals surface area contributed by atoms with Gasteiger partial charge in [-0.3, -0.25) is 4.90 Å². The number of hydrogen-bond acceptors (Lipinski definition) is 3. The molecule has 0 aliphatic carbocycles. The number of benzene rings is 3. The minimum atomic E-state index is -0.236. The van der Waals surface area contributed by atoms with Crippen LogP contribution in [0.3, 0.4) is 0 Å². The van der Waals surface area contributed by atoms with Gasteiger partial charge in [-0.1, -0.05) is 37.1 Å². The third kappa shape index (κ3) is 7.60. The van der Waals surface area contributed by atoms with E-state index in [2.05, 4.69) is 41.7 Å². The molecule has 1 heterocycles. The van der Waals surface area contributed by atoms with Crippen LogP contribution in [0.4, 0.5) is 8.78 Å². The summed E-state index contributed by atoms with van der Waals surface area (Å²) in [4.78, 5) is 4.99. The molecule has 0 aromatic heterocycles. The smallest absolute Gasteiger partial charge is 0.143 e. The van der Waals surface area contributed by atoms with Gasteiger partial charge < -0.3 is 10.0 Å². The Labute approximate surface area is 229 Å². The largest absolute Gasteiger partial charge is 0.506 e. The van der Waals surface area contributed by atoms with Crippen LogP contribution in [-0.4, -0.2) is 47.6 Å². The maximum Gasteiger partial charge on any atom is 0.143 e. The van der Waals surface area contributed by atoms with Crippen molar-refractivity contribution in [3.05, 3.63) is 97.9 Å². The van der Waals surface area contributed by atoms with Crippen LogP contribution in [0.25, 0.3) is 0 Å². The summed E-state index contributed by atoms with van der Waals surface area (Å²) >= 11 is 6.83. The molecule has 4 rings (SSSR count). The SMILES string of the molecule is Oc1c(Br)cc(CN2CCN(CCCCCC(c3ccc(F)cc3)c3ccc(F)cc3)CC2)cc1Br. The lowest BCUT2D eigenvalue weighted by molar-refractivity contribution is 0.125. The monoisotopic (exact) mass is 620 g/mol. The predicted octanol–water partition coefficient (Wildman–Crippen LogP) is 7.71. The number of aromatic hydroxyl groups is 1. The molecule has 3 nitrogen and oxygen atoms in total. The van der Waals surface area contributed by atoms with E-state index >= 15 is 0 Å². The van der Waals surface area contributed by atoms with Crippen LogP contribution < -0.4 is 0 Å². The first-order chi connectivity index (χ1) is 17.4. The van der Waals surface area contributed by atoms with Crippen LogP contribution in [0.2, 0.25) is 0 Å². The highest BCUT2D eigenvalue weighted by Gasteiger charge is 2.18. The van der Waals surface area contributed by atoms with Crippen molar-refractivity contribution in [2.24, 2.45) is 0 Å². The molecule has 0 radical (unpaired) electrons. The molecule has 3 aromatic rings. The fourth-order valence-corrected chi connectivity index (χ4v) is 6.20. The molecule has 0 spiro atoms. The maximum absolute atomic E-state index is 13.4. The van der Waals surface area contributed by atoms with E-state index in [-0.39, 0.29) is 23.3 Å². The van der Waals surface area contributed by atoms with Gasteiger partial charge in [0, 0.05) is 38.6 Å². The molecule has 1 aliphatic rings. The number of rotatable bonds is 10. The van der Waals surface area contributed by atoms with Gasteiger partial charge in [0.1, 0.15) is 17.4 Å². The average molecular weight is 622 g/mol. The highest BCUT2D eigenvalue weighted by molar-refractivity contribution is 9.11. The molecule has 0 bridgehead atoms. The summed E-state index contributed by atoms with van der Waals surface area (Å²) in [5.74, 6) is -0.0824. The summed E-state index contributed by atoms with van der Waals surface area (Å²) in [6.45, 7) is 6.17. The van der Waals surface area contributed by atoms with Crippen molar-refractivity contribution in [1.29, 1.82) is 0 Å². The molecule has 36 heavy (non-hydrogen) atoms. The number of nitrogens with zero attached hydrogens (tertiary/aromatic N) is 2. The van der Waals surface area contributed by atoms with Gasteiger partial charge in [0.15, 0.2) is 0 Å². The van der Waals surface area contributed by atoms with Gasteiger partial charge in [-0.2, -0.15) is 0 Å². The van der Waals surface area contributed by atoms with Crippen LogP contribution in [0.5, 0.6) is 5.75 Å². The Hall–Kier alpha value is -1.80. The van der Waals surface area contributed by atoms with Crippen LogP contribution in [0, 0.1) is 11.6 Å². The molecule has 1 fully saturated rings. The minimum Gasteiger partial charge on any atom is -0.506 e. The van der Waals surface area contributed by atoms with Crippen molar-refractivity contribution >= 4 is 31.9 Å². The molecule has 0 atom stereocenters. The second kappa shape index (κ2) is 13.1. The molecule has 1 N–H and O–H groups in total. The standard InChI is InChI=1S/C29H32Br2F2N2O/c30-27-18-21(19-28(31)29(27)36)20-35-16-14-34(15-17-35)13-3-1-2-4-26(22-5-9-24(32)10-6-22)23-7-11-25(33)12-8-23/h5-12,18-19,26,36H,1-4,13-17,20H2. The number of halogens is 4. The first-order valence-electron chi connectivity index (χ1n) is 12.5. The third-order valence-electron chi connectivity index (χ3n) is 6.96. The summed E-state index contributed by atoms with van der Waals surface area (Å²) in [5, 5.41) is 9.92. The van der Waals surface area contributed by atoms with E-state index in [1.165, 1.54) is 29.8 Å². The van der Waals surface area contributed by atoms with Crippen molar-refractivity contribution in [2.45, 2.75) is 38.1 Å². The number of piperazine rings is 1. The topological polar surface area (TPSA) is 26.7 Å². The van der Waals surface area contributed by atoms with Gasteiger partial charge >= 0.3 is 0 Å². The fraction of sp³-hybridized carbons (Fsp3) is 0.379. The first-order valence-corrected chi connectivity index (χ1v) is 14.1. The number of phenols is 1. The van der Waals surface area contributed by atoms with Crippen LogP contribution >= 0.6 is 31.9 Å². The summed E-state index contributed by atoms with van der Waals surface area (Å²) in [6, 6.07) is 17.4. The fourth-order valence-electron chi connectivity index (χ4n) is 4.92. The first kappa shape index (κ1) is 27.2. The van der Waals surface area contributed by atoms with Crippen molar-refractivity contribution in [2.75, 3.05) is 32.7 Å². The molecule has 1 saturated heterocycles. The molecule has 3 aromatic carbocycles. The number of unbranched alkanes of at least 4 members (excludes halogenated alkanes) is 2. The van der Waals surface area contributed by atoms with Crippen LogP contribution in [0.1, 0.15) is 48.3 Å². The highest BCUT2D eigenvalue weighted by Crippen LogP contribution is 2.34. The lowest BCUT2D eigenvalue weighted by Gasteiger charge is -2.34. The summed E-state index contributed by atoms with van der Waals surface area (Å²) in [7, 11) is 0. The summed E-state index contributed by atoms with van der Waals surface area (Å²) in [5.41, 5.74) is 3.33. The van der Waals surface area contributed by atoms with E-state index in [9.17, 15) is 13.9 Å². The molecule has 0 saturated carbocycles. The molecule has 0 unspecified atom stereocenters. The number of phenolic OH excluding ortho intramolecular Hbond substituents is 1. The maximum atomic E-state index is 13.4. The molecular formula is C29H32Br2F2N2O. The Bertz CT molecular complexity index is 1050. The van der Waals surface area contributed by atoms with E-state index in [0.717, 1.165) is 76.1 Å².